The van der Waals surface area contributed by atoms with Crippen molar-refractivity contribution in [3.05, 3.63) is 108 Å². The zero-order chi connectivity index (χ0) is 20.8. The van der Waals surface area contributed by atoms with Gasteiger partial charge in [0.05, 0.1) is 13.2 Å². The molecule has 0 spiro atoms. The Morgan fingerprint density at radius 1 is 0.871 bits per heavy atom. The number of para-hydroxylation sites is 1. The average Bonchev–Trinajstić information content (AvgIpc) is 3.30. The van der Waals surface area contributed by atoms with Crippen LogP contribution in [0.25, 0.3) is 10.8 Å². The van der Waals surface area contributed by atoms with Gasteiger partial charge in [0.25, 0.3) is 0 Å². The third-order valence-corrected chi connectivity index (χ3v) is 7.00. The van der Waals surface area contributed by atoms with Gasteiger partial charge in [-0.05, 0) is 46.5 Å². The number of nitrogens with one attached hydrogen (secondary N) is 1. The molecule has 1 fully saturated rings. The summed E-state index contributed by atoms with van der Waals surface area (Å²) in [4.78, 5) is 0. The summed E-state index contributed by atoms with van der Waals surface area (Å²) >= 11 is 0. The smallest absolute Gasteiger partial charge is 0.125 e. The fourth-order valence-corrected chi connectivity index (χ4v) is 5.64. The maximum Gasteiger partial charge on any atom is 0.125 e. The molecule has 2 heterocycles. The normalized spacial score (nSPS) is 24.3. The number of fused-ring (bicyclic) bond motifs is 4. The van der Waals surface area contributed by atoms with Crippen molar-refractivity contribution >= 4 is 16.5 Å². The minimum atomic E-state index is -0.476. The Morgan fingerprint density at radius 3 is 2.52 bits per heavy atom. The van der Waals surface area contributed by atoms with Gasteiger partial charge in [0, 0.05) is 23.8 Å². The molecule has 4 aromatic rings. The van der Waals surface area contributed by atoms with Crippen LogP contribution in [-0.4, -0.2) is 13.7 Å². The Hall–Kier alpha value is -3.30. The van der Waals surface area contributed by atoms with Gasteiger partial charge in [-0.1, -0.05) is 72.8 Å². The highest BCUT2D eigenvalue weighted by molar-refractivity contribution is 5.86. The number of hydrogen-bond acceptors (Lipinski definition) is 3. The highest BCUT2D eigenvalue weighted by atomic mass is 16.5. The van der Waals surface area contributed by atoms with Gasteiger partial charge in [-0.25, -0.2) is 0 Å². The Kier molecular flexibility index (Phi) is 4.25. The first-order valence-electron chi connectivity index (χ1n) is 10.9. The summed E-state index contributed by atoms with van der Waals surface area (Å²) in [5.74, 6) is 1.14. The fraction of sp³-hybridized carbons (Fsp3) is 0.214. The van der Waals surface area contributed by atoms with Gasteiger partial charge < -0.3 is 14.8 Å². The molecule has 2 aliphatic rings. The SMILES string of the molecule is COc1ccc([C@]23OCC[C@H]2[C@H](c2cccc4ccccc24)Nc2ccccc23)cc1. The average molecular weight is 408 g/mol. The molecule has 2 aliphatic heterocycles. The van der Waals surface area contributed by atoms with E-state index >= 15 is 0 Å². The Labute approximate surface area is 182 Å². The number of rotatable bonds is 3. The third-order valence-electron chi connectivity index (χ3n) is 7.00. The van der Waals surface area contributed by atoms with Crippen LogP contribution in [0.4, 0.5) is 5.69 Å². The number of benzene rings is 4. The first-order chi connectivity index (χ1) is 15.3. The van der Waals surface area contributed by atoms with Crippen LogP contribution in [0.5, 0.6) is 5.75 Å². The lowest BCUT2D eigenvalue weighted by Gasteiger charge is -2.46. The molecule has 0 unspecified atom stereocenters. The molecular formula is C28H25NO2. The van der Waals surface area contributed by atoms with E-state index in [1.165, 1.54) is 27.5 Å². The van der Waals surface area contributed by atoms with Crippen molar-refractivity contribution in [3.63, 3.8) is 0 Å². The molecule has 6 rings (SSSR count). The molecule has 3 heteroatoms. The predicted octanol–water partition coefficient (Wildman–Crippen LogP) is 6.30. The van der Waals surface area contributed by atoms with E-state index < -0.39 is 5.60 Å². The van der Waals surface area contributed by atoms with Crippen molar-refractivity contribution in [2.75, 3.05) is 19.0 Å². The third kappa shape index (κ3) is 2.70. The van der Waals surface area contributed by atoms with Crippen molar-refractivity contribution in [1.82, 2.24) is 0 Å². The van der Waals surface area contributed by atoms with Crippen molar-refractivity contribution in [1.29, 1.82) is 0 Å². The van der Waals surface area contributed by atoms with Crippen LogP contribution in [0.1, 0.15) is 29.2 Å². The molecule has 4 aromatic carbocycles. The van der Waals surface area contributed by atoms with Crippen molar-refractivity contribution in [2.45, 2.75) is 18.1 Å². The van der Waals surface area contributed by atoms with Crippen LogP contribution in [-0.2, 0) is 10.3 Å². The van der Waals surface area contributed by atoms with E-state index in [2.05, 4.69) is 84.2 Å². The maximum absolute atomic E-state index is 6.71. The lowest BCUT2D eigenvalue weighted by molar-refractivity contribution is 0.00216. The summed E-state index contributed by atoms with van der Waals surface area (Å²) in [6.07, 6.45) is 1.00. The molecule has 0 aliphatic carbocycles. The van der Waals surface area contributed by atoms with Crippen LogP contribution < -0.4 is 10.1 Å². The number of ether oxygens (including phenoxy) is 2. The minimum Gasteiger partial charge on any atom is -0.497 e. The maximum atomic E-state index is 6.71. The molecule has 0 aromatic heterocycles. The first-order valence-corrected chi connectivity index (χ1v) is 10.9. The zero-order valence-electron chi connectivity index (χ0n) is 17.5. The molecule has 3 atom stereocenters. The molecule has 31 heavy (non-hydrogen) atoms. The lowest BCUT2D eigenvalue weighted by atomic mass is 9.68. The molecule has 1 N–H and O–H groups in total. The monoisotopic (exact) mass is 407 g/mol. The summed E-state index contributed by atoms with van der Waals surface area (Å²) < 4.78 is 12.1. The minimum absolute atomic E-state index is 0.158. The van der Waals surface area contributed by atoms with Crippen LogP contribution in [0.2, 0.25) is 0 Å². The molecular weight excluding hydrogens is 382 g/mol. The van der Waals surface area contributed by atoms with Gasteiger partial charge in [0.1, 0.15) is 11.4 Å². The Bertz CT molecular complexity index is 1240. The Morgan fingerprint density at radius 2 is 1.65 bits per heavy atom. The van der Waals surface area contributed by atoms with Crippen LogP contribution in [0.15, 0.2) is 91.0 Å². The van der Waals surface area contributed by atoms with E-state index in [0.717, 1.165) is 24.5 Å². The van der Waals surface area contributed by atoms with Crippen molar-refractivity contribution in [3.8, 4) is 5.75 Å². The van der Waals surface area contributed by atoms with E-state index in [1.54, 1.807) is 7.11 Å². The molecule has 1 saturated heterocycles. The molecule has 154 valence electrons. The highest BCUT2D eigenvalue weighted by Crippen LogP contribution is 2.57. The van der Waals surface area contributed by atoms with Crippen LogP contribution in [0.3, 0.4) is 0 Å². The summed E-state index contributed by atoms with van der Waals surface area (Å²) in [7, 11) is 1.71. The lowest BCUT2D eigenvalue weighted by Crippen LogP contribution is -2.43. The van der Waals surface area contributed by atoms with E-state index in [-0.39, 0.29) is 12.0 Å². The van der Waals surface area contributed by atoms with Crippen LogP contribution in [0, 0.1) is 5.92 Å². The summed E-state index contributed by atoms with van der Waals surface area (Å²) in [6, 6.07) is 32.5. The largest absolute Gasteiger partial charge is 0.497 e. The Balaban J connectivity index is 1.58. The molecule has 0 amide bonds. The van der Waals surface area contributed by atoms with E-state index in [9.17, 15) is 0 Å². The zero-order valence-corrected chi connectivity index (χ0v) is 17.5. The second-order valence-corrected chi connectivity index (χ2v) is 8.44. The van der Waals surface area contributed by atoms with Gasteiger partial charge in [-0.2, -0.15) is 0 Å². The topological polar surface area (TPSA) is 30.5 Å². The van der Waals surface area contributed by atoms with Gasteiger partial charge in [-0.15, -0.1) is 0 Å². The first kappa shape index (κ1) is 18.5. The van der Waals surface area contributed by atoms with Gasteiger partial charge in [0.15, 0.2) is 0 Å². The van der Waals surface area contributed by atoms with E-state index in [4.69, 9.17) is 9.47 Å². The van der Waals surface area contributed by atoms with Crippen LogP contribution >= 0.6 is 0 Å². The highest BCUT2D eigenvalue weighted by Gasteiger charge is 2.54. The second kappa shape index (κ2) is 7.14. The second-order valence-electron chi connectivity index (χ2n) is 8.44. The fourth-order valence-electron chi connectivity index (χ4n) is 5.64. The van der Waals surface area contributed by atoms with Crippen molar-refractivity contribution in [2.24, 2.45) is 5.92 Å². The van der Waals surface area contributed by atoms with Gasteiger partial charge in [-0.3, -0.25) is 0 Å². The number of anilines is 1. The molecule has 0 radical (unpaired) electrons. The van der Waals surface area contributed by atoms with E-state index in [0.29, 0.717) is 0 Å². The van der Waals surface area contributed by atoms with E-state index in [1.807, 2.05) is 12.1 Å². The van der Waals surface area contributed by atoms with Crippen molar-refractivity contribution < 1.29 is 9.47 Å². The molecule has 0 bridgehead atoms. The van der Waals surface area contributed by atoms with Gasteiger partial charge in [0.2, 0.25) is 0 Å². The molecule has 3 nitrogen and oxygen atoms in total. The quantitative estimate of drug-likeness (QED) is 0.433. The van der Waals surface area contributed by atoms with Gasteiger partial charge >= 0.3 is 0 Å². The summed E-state index contributed by atoms with van der Waals surface area (Å²) in [6.45, 7) is 0.744. The predicted molar refractivity (Wildman–Crippen MR) is 125 cm³/mol. The number of methoxy groups -OCH3 is 1. The summed E-state index contributed by atoms with van der Waals surface area (Å²) in [5.41, 5.74) is 4.42. The number of hydrogen-bond donors (Lipinski definition) is 1. The summed E-state index contributed by atoms with van der Waals surface area (Å²) in [5, 5.41) is 6.47. The standard InChI is InChI=1S/C28H25NO2/c1-30-21-15-13-20(14-16-21)28-24-11-4-5-12-26(24)29-27(25(28)17-18-31-28)23-10-6-8-19-7-2-3-9-22(19)23/h2-16,25,27,29H,17-18H2,1H3/t25-,27-,28+/m0/s1. The molecule has 0 saturated carbocycles.